The summed E-state index contributed by atoms with van der Waals surface area (Å²) < 4.78 is 0. The van der Waals surface area contributed by atoms with Gasteiger partial charge in [-0.15, -0.1) is 0 Å². The van der Waals surface area contributed by atoms with Crippen molar-refractivity contribution in [2.75, 3.05) is 0 Å². The molecule has 0 radical (unpaired) electrons. The van der Waals surface area contributed by atoms with Gasteiger partial charge in [0, 0.05) is 18.4 Å². The molecule has 0 amide bonds. The maximum absolute atomic E-state index is 11.1. The molecule has 0 unspecified atom stereocenters. The lowest BCUT2D eigenvalue weighted by atomic mass is 10.1. The lowest BCUT2D eigenvalue weighted by Crippen LogP contribution is -1.99. The van der Waals surface area contributed by atoms with E-state index in [4.69, 9.17) is 0 Å². The Kier molecular flexibility index (Phi) is 5.43. The summed E-state index contributed by atoms with van der Waals surface area (Å²) in [6, 6.07) is 0. The Balaban J connectivity index is 3.88. The van der Waals surface area contributed by atoms with Crippen LogP contribution in [0.3, 0.4) is 0 Å². The first-order valence-electron chi connectivity index (χ1n) is 4.51. The standard InChI is InChI=1S/C10H18O2/c1-4-5-6-9(11)7-10(12)8(2)3/h7-8,12H,4-6H2,1-3H3. The van der Waals surface area contributed by atoms with Gasteiger partial charge in [-0.1, -0.05) is 27.2 Å². The van der Waals surface area contributed by atoms with Gasteiger partial charge >= 0.3 is 0 Å². The molecule has 0 fully saturated rings. The van der Waals surface area contributed by atoms with E-state index in [1.807, 2.05) is 20.8 Å². The first kappa shape index (κ1) is 11.2. The average Bonchev–Trinajstić information content (AvgIpc) is 2.00. The lowest BCUT2D eigenvalue weighted by molar-refractivity contribution is -0.114. The molecule has 0 aromatic heterocycles. The van der Waals surface area contributed by atoms with Gasteiger partial charge < -0.3 is 5.11 Å². The number of allylic oxidation sites excluding steroid dienone is 2. The second-order valence-corrected chi connectivity index (χ2v) is 3.29. The number of ketones is 1. The molecule has 12 heavy (non-hydrogen) atoms. The van der Waals surface area contributed by atoms with Gasteiger partial charge in [0.15, 0.2) is 5.78 Å². The second-order valence-electron chi connectivity index (χ2n) is 3.29. The Labute approximate surface area is 74.3 Å². The zero-order valence-corrected chi connectivity index (χ0v) is 8.13. The van der Waals surface area contributed by atoms with Gasteiger partial charge in [-0.2, -0.15) is 0 Å². The summed E-state index contributed by atoms with van der Waals surface area (Å²) in [5, 5.41) is 9.24. The minimum Gasteiger partial charge on any atom is -0.512 e. The van der Waals surface area contributed by atoms with E-state index in [1.165, 1.54) is 6.08 Å². The quantitative estimate of drug-likeness (QED) is 0.509. The number of hydrogen-bond acceptors (Lipinski definition) is 2. The smallest absolute Gasteiger partial charge is 0.159 e. The highest BCUT2D eigenvalue weighted by atomic mass is 16.3. The molecular weight excluding hydrogens is 152 g/mol. The maximum Gasteiger partial charge on any atom is 0.159 e. The molecule has 0 saturated carbocycles. The number of carbonyl (C=O) groups excluding carboxylic acids is 1. The molecule has 0 aliphatic rings. The predicted molar refractivity (Wildman–Crippen MR) is 50.1 cm³/mol. The third kappa shape index (κ3) is 4.94. The highest BCUT2D eigenvalue weighted by Crippen LogP contribution is 2.06. The molecule has 2 heteroatoms. The van der Waals surface area contributed by atoms with Crippen LogP contribution in [0.5, 0.6) is 0 Å². The highest BCUT2D eigenvalue weighted by molar-refractivity contribution is 5.89. The first-order valence-corrected chi connectivity index (χ1v) is 4.51. The summed E-state index contributed by atoms with van der Waals surface area (Å²) in [5.74, 6) is 0.273. The summed E-state index contributed by atoms with van der Waals surface area (Å²) >= 11 is 0. The Morgan fingerprint density at radius 1 is 1.50 bits per heavy atom. The van der Waals surface area contributed by atoms with Crippen LogP contribution in [0.25, 0.3) is 0 Å². The number of unbranched alkanes of at least 4 members (excludes halogenated alkanes) is 1. The SMILES string of the molecule is CCCCC(=O)C=C(O)C(C)C. The molecule has 0 aliphatic heterocycles. The summed E-state index contributed by atoms with van der Waals surface area (Å²) in [4.78, 5) is 11.1. The van der Waals surface area contributed by atoms with Crippen LogP contribution in [-0.2, 0) is 4.79 Å². The number of rotatable bonds is 5. The highest BCUT2D eigenvalue weighted by Gasteiger charge is 2.03. The van der Waals surface area contributed by atoms with Gasteiger partial charge in [0.25, 0.3) is 0 Å². The van der Waals surface area contributed by atoms with Crippen LogP contribution >= 0.6 is 0 Å². The molecule has 0 aliphatic carbocycles. The average molecular weight is 170 g/mol. The monoisotopic (exact) mass is 170 g/mol. The van der Waals surface area contributed by atoms with E-state index in [9.17, 15) is 9.90 Å². The molecule has 70 valence electrons. The van der Waals surface area contributed by atoms with Crippen LogP contribution in [0.2, 0.25) is 0 Å². The van der Waals surface area contributed by atoms with Crippen molar-refractivity contribution in [3.8, 4) is 0 Å². The van der Waals surface area contributed by atoms with Crippen LogP contribution < -0.4 is 0 Å². The van der Waals surface area contributed by atoms with Gasteiger partial charge in [-0.05, 0) is 6.42 Å². The number of hydrogen-bond donors (Lipinski definition) is 1. The number of aliphatic hydroxyl groups is 1. The summed E-state index contributed by atoms with van der Waals surface area (Å²) in [7, 11) is 0. The van der Waals surface area contributed by atoms with Crippen LogP contribution in [-0.4, -0.2) is 10.9 Å². The molecule has 1 N–H and O–H groups in total. The van der Waals surface area contributed by atoms with Crippen molar-refractivity contribution < 1.29 is 9.90 Å². The van der Waals surface area contributed by atoms with Crippen molar-refractivity contribution in [3.63, 3.8) is 0 Å². The molecule has 0 heterocycles. The van der Waals surface area contributed by atoms with Crippen molar-refractivity contribution in [1.29, 1.82) is 0 Å². The van der Waals surface area contributed by atoms with Crippen molar-refractivity contribution in [2.24, 2.45) is 5.92 Å². The van der Waals surface area contributed by atoms with E-state index in [0.29, 0.717) is 6.42 Å². The Bertz CT molecular complexity index is 169. The molecule has 0 bridgehead atoms. The molecule has 0 aromatic carbocycles. The summed E-state index contributed by atoms with van der Waals surface area (Å²) in [6.07, 6.45) is 3.82. The third-order valence-corrected chi connectivity index (χ3v) is 1.68. The minimum absolute atomic E-state index is 0.0306. The first-order chi connectivity index (χ1) is 5.57. The fourth-order valence-corrected chi connectivity index (χ4v) is 0.755. The molecule has 0 atom stereocenters. The molecule has 0 saturated heterocycles. The van der Waals surface area contributed by atoms with Gasteiger partial charge in [-0.3, -0.25) is 4.79 Å². The fourth-order valence-electron chi connectivity index (χ4n) is 0.755. The van der Waals surface area contributed by atoms with E-state index in [-0.39, 0.29) is 17.5 Å². The van der Waals surface area contributed by atoms with E-state index in [1.54, 1.807) is 0 Å². The van der Waals surface area contributed by atoms with E-state index in [0.717, 1.165) is 12.8 Å². The lowest BCUT2D eigenvalue weighted by Gasteiger charge is -2.01. The number of aliphatic hydroxyl groups excluding tert-OH is 1. The molecule has 0 spiro atoms. The molecule has 2 nitrogen and oxygen atoms in total. The Hall–Kier alpha value is -0.790. The zero-order valence-electron chi connectivity index (χ0n) is 8.13. The van der Waals surface area contributed by atoms with E-state index < -0.39 is 0 Å². The normalized spacial score (nSPS) is 12.2. The van der Waals surface area contributed by atoms with Crippen LogP contribution in [0.1, 0.15) is 40.0 Å². The van der Waals surface area contributed by atoms with E-state index in [2.05, 4.69) is 0 Å². The third-order valence-electron chi connectivity index (χ3n) is 1.68. The molecular formula is C10H18O2. The summed E-state index contributed by atoms with van der Waals surface area (Å²) in [6.45, 7) is 5.76. The Morgan fingerprint density at radius 3 is 2.50 bits per heavy atom. The van der Waals surface area contributed by atoms with Gasteiger partial charge in [-0.25, -0.2) is 0 Å². The van der Waals surface area contributed by atoms with Crippen LogP contribution in [0, 0.1) is 5.92 Å². The van der Waals surface area contributed by atoms with Crippen molar-refractivity contribution in [2.45, 2.75) is 40.0 Å². The largest absolute Gasteiger partial charge is 0.512 e. The fraction of sp³-hybridized carbons (Fsp3) is 0.700. The van der Waals surface area contributed by atoms with E-state index >= 15 is 0 Å². The van der Waals surface area contributed by atoms with Crippen LogP contribution in [0.4, 0.5) is 0 Å². The molecule has 0 rings (SSSR count). The number of carbonyl (C=O) groups is 1. The van der Waals surface area contributed by atoms with Crippen molar-refractivity contribution >= 4 is 5.78 Å². The van der Waals surface area contributed by atoms with Gasteiger partial charge in [0.2, 0.25) is 0 Å². The zero-order chi connectivity index (χ0) is 9.56. The predicted octanol–water partition coefficient (Wildman–Crippen LogP) is 2.84. The van der Waals surface area contributed by atoms with Gasteiger partial charge in [0.05, 0.1) is 5.76 Å². The van der Waals surface area contributed by atoms with Crippen LogP contribution in [0.15, 0.2) is 11.8 Å². The topological polar surface area (TPSA) is 37.3 Å². The Morgan fingerprint density at radius 2 is 2.08 bits per heavy atom. The molecule has 0 aromatic rings. The minimum atomic E-state index is 0.0306. The van der Waals surface area contributed by atoms with Gasteiger partial charge in [0.1, 0.15) is 0 Å². The van der Waals surface area contributed by atoms with Crippen molar-refractivity contribution in [1.82, 2.24) is 0 Å². The summed E-state index contributed by atoms with van der Waals surface area (Å²) in [5.41, 5.74) is 0. The second kappa shape index (κ2) is 5.81. The maximum atomic E-state index is 11.1. The van der Waals surface area contributed by atoms with Crippen molar-refractivity contribution in [3.05, 3.63) is 11.8 Å².